The molecule has 4 fully saturated rings. The number of nitrogens with one attached hydrogen (secondary N) is 1. The normalized spacial score (nSPS) is 38.1. The Labute approximate surface area is 117 Å². The van der Waals surface area contributed by atoms with Crippen LogP contribution in [0.15, 0.2) is 17.5 Å². The molecule has 5 heterocycles. The Morgan fingerprint density at radius 2 is 2.16 bits per heavy atom. The lowest BCUT2D eigenvalue weighted by molar-refractivity contribution is -0.134. The third kappa shape index (κ3) is 1.91. The van der Waals surface area contributed by atoms with Crippen molar-refractivity contribution in [1.29, 1.82) is 0 Å². The molecule has 0 radical (unpaired) electrons. The lowest BCUT2D eigenvalue weighted by Crippen LogP contribution is -2.58. The van der Waals surface area contributed by atoms with Gasteiger partial charge < -0.3 is 9.80 Å². The zero-order chi connectivity index (χ0) is 12.8. The van der Waals surface area contributed by atoms with E-state index in [-0.39, 0.29) is 12.1 Å². The van der Waals surface area contributed by atoms with Crippen LogP contribution in [0.1, 0.15) is 23.9 Å². The van der Waals surface area contributed by atoms with Crippen molar-refractivity contribution >= 4 is 17.2 Å². The number of carbonyl (C=O) groups is 1. The molecule has 0 saturated carbocycles. The summed E-state index contributed by atoms with van der Waals surface area (Å²) in [5.74, 6) is 0.980. The minimum Gasteiger partial charge on any atom is -0.316 e. The molecule has 4 aliphatic heterocycles. The smallest absolute Gasteiger partial charge is 0.238 e. The number of hydrogen-bond acceptors (Lipinski definition) is 4. The lowest BCUT2D eigenvalue weighted by Gasteiger charge is -2.49. The third-order valence-electron chi connectivity index (χ3n) is 4.80. The molecule has 2 bridgehead atoms. The highest BCUT2D eigenvalue weighted by molar-refractivity contribution is 7.10. The van der Waals surface area contributed by atoms with Crippen molar-refractivity contribution < 1.29 is 4.79 Å². The van der Waals surface area contributed by atoms with Crippen LogP contribution < -0.4 is 5.32 Å². The van der Waals surface area contributed by atoms with E-state index in [1.54, 1.807) is 11.3 Å². The van der Waals surface area contributed by atoms with Crippen molar-refractivity contribution in [3.63, 3.8) is 0 Å². The molecule has 5 heteroatoms. The Balaban J connectivity index is 1.62. The lowest BCUT2D eigenvalue weighted by atomic mass is 9.83. The summed E-state index contributed by atoms with van der Waals surface area (Å²) in [6.07, 6.45) is 2.62. The second-order valence-corrected chi connectivity index (χ2v) is 6.78. The fourth-order valence-electron chi connectivity index (χ4n) is 3.83. The van der Waals surface area contributed by atoms with Crippen molar-refractivity contribution in [2.24, 2.45) is 5.92 Å². The number of hydrogen-bond donors (Lipinski definition) is 1. The molecule has 19 heavy (non-hydrogen) atoms. The van der Waals surface area contributed by atoms with Gasteiger partial charge in [-0.3, -0.25) is 10.1 Å². The van der Waals surface area contributed by atoms with Gasteiger partial charge in [0.05, 0.1) is 6.54 Å². The first kappa shape index (κ1) is 11.9. The van der Waals surface area contributed by atoms with Gasteiger partial charge in [-0.2, -0.15) is 0 Å². The number of amides is 1. The predicted octanol–water partition coefficient (Wildman–Crippen LogP) is 1.27. The summed E-state index contributed by atoms with van der Waals surface area (Å²) < 4.78 is 0. The maximum atomic E-state index is 12.3. The van der Waals surface area contributed by atoms with Crippen LogP contribution in [0.3, 0.4) is 0 Å². The van der Waals surface area contributed by atoms with Crippen molar-refractivity contribution in [2.75, 3.05) is 26.2 Å². The van der Waals surface area contributed by atoms with E-state index >= 15 is 0 Å². The quantitative estimate of drug-likeness (QED) is 0.884. The fourth-order valence-corrected chi connectivity index (χ4v) is 4.62. The van der Waals surface area contributed by atoms with E-state index < -0.39 is 0 Å². The van der Waals surface area contributed by atoms with Gasteiger partial charge in [0, 0.05) is 17.5 Å². The van der Waals surface area contributed by atoms with Gasteiger partial charge in [0.2, 0.25) is 5.91 Å². The van der Waals surface area contributed by atoms with Gasteiger partial charge in [-0.1, -0.05) is 6.07 Å². The maximum Gasteiger partial charge on any atom is 0.238 e. The van der Waals surface area contributed by atoms with Crippen LogP contribution in [0, 0.1) is 5.92 Å². The van der Waals surface area contributed by atoms with Gasteiger partial charge in [-0.15, -0.1) is 11.3 Å². The molecule has 4 aliphatic rings. The van der Waals surface area contributed by atoms with Gasteiger partial charge in [-0.25, -0.2) is 0 Å². The Morgan fingerprint density at radius 1 is 1.32 bits per heavy atom. The molecule has 0 spiro atoms. The number of thiophene rings is 1. The third-order valence-corrected chi connectivity index (χ3v) is 5.73. The molecule has 0 aromatic carbocycles. The summed E-state index contributed by atoms with van der Waals surface area (Å²) in [5.41, 5.74) is 0. The van der Waals surface area contributed by atoms with E-state index in [9.17, 15) is 4.79 Å². The largest absolute Gasteiger partial charge is 0.316 e. The first-order valence-electron chi connectivity index (χ1n) is 7.13. The van der Waals surface area contributed by atoms with E-state index in [0.717, 1.165) is 6.54 Å². The molecular formula is C14H19N3OS. The van der Waals surface area contributed by atoms with Gasteiger partial charge in [-0.05, 0) is 43.3 Å². The van der Waals surface area contributed by atoms with Crippen LogP contribution in [0.25, 0.3) is 0 Å². The molecule has 1 aromatic rings. The Hall–Kier alpha value is -0.910. The molecule has 1 N–H and O–H groups in total. The maximum absolute atomic E-state index is 12.3. The average molecular weight is 277 g/mol. The standard InChI is InChI=1S/C14H19N3OS/c18-13-8-15-14(12-2-1-7-19-12)17(13)11-9-16-5-3-10(11)4-6-16/h1-2,7,10-11,14-15H,3-6,8-9H2. The van der Waals surface area contributed by atoms with E-state index in [4.69, 9.17) is 0 Å². The van der Waals surface area contributed by atoms with Crippen molar-refractivity contribution in [3.8, 4) is 0 Å². The SMILES string of the molecule is O=C1CNC(c2cccs2)N1C1CN2CCC1CC2. The van der Waals surface area contributed by atoms with Crippen LogP contribution in [0.5, 0.6) is 0 Å². The summed E-state index contributed by atoms with van der Waals surface area (Å²) in [4.78, 5) is 18.2. The first-order chi connectivity index (χ1) is 9.33. The number of carbonyl (C=O) groups excluding carboxylic acids is 1. The van der Waals surface area contributed by atoms with Gasteiger partial charge >= 0.3 is 0 Å². The summed E-state index contributed by atoms with van der Waals surface area (Å²) in [6.45, 7) is 4.01. The van der Waals surface area contributed by atoms with Crippen molar-refractivity contribution in [3.05, 3.63) is 22.4 Å². The van der Waals surface area contributed by atoms with Crippen LogP contribution in [-0.4, -0.2) is 47.9 Å². The topological polar surface area (TPSA) is 35.6 Å². The summed E-state index contributed by atoms with van der Waals surface area (Å²) in [7, 11) is 0. The second kappa shape index (κ2) is 4.58. The van der Waals surface area contributed by atoms with E-state index in [1.165, 1.54) is 30.8 Å². The molecular weight excluding hydrogens is 258 g/mol. The highest BCUT2D eigenvalue weighted by atomic mass is 32.1. The molecule has 2 unspecified atom stereocenters. The molecule has 2 atom stereocenters. The van der Waals surface area contributed by atoms with Gasteiger partial charge in [0.1, 0.15) is 6.17 Å². The molecule has 102 valence electrons. The van der Waals surface area contributed by atoms with Crippen LogP contribution in [0.4, 0.5) is 0 Å². The second-order valence-electron chi connectivity index (χ2n) is 5.81. The Kier molecular flexibility index (Phi) is 2.86. The molecule has 1 amide bonds. The molecule has 0 aliphatic carbocycles. The van der Waals surface area contributed by atoms with Crippen LogP contribution >= 0.6 is 11.3 Å². The van der Waals surface area contributed by atoms with Crippen LogP contribution in [0.2, 0.25) is 0 Å². The number of nitrogens with zero attached hydrogens (tertiary/aromatic N) is 2. The fraction of sp³-hybridized carbons (Fsp3) is 0.643. The zero-order valence-corrected chi connectivity index (χ0v) is 11.7. The molecule has 5 rings (SSSR count). The van der Waals surface area contributed by atoms with Crippen molar-refractivity contribution in [2.45, 2.75) is 25.0 Å². The summed E-state index contributed by atoms with van der Waals surface area (Å²) in [6, 6.07) is 4.62. The average Bonchev–Trinajstić information content (AvgIpc) is 3.09. The van der Waals surface area contributed by atoms with Gasteiger partial charge in [0.25, 0.3) is 0 Å². The molecule has 4 nitrogen and oxygen atoms in total. The van der Waals surface area contributed by atoms with E-state index in [1.807, 2.05) is 0 Å². The number of rotatable bonds is 2. The number of fused-ring (bicyclic) bond motifs is 3. The minimum absolute atomic E-state index is 0.109. The summed E-state index contributed by atoms with van der Waals surface area (Å²) in [5, 5.41) is 5.48. The van der Waals surface area contributed by atoms with E-state index in [0.29, 0.717) is 18.5 Å². The van der Waals surface area contributed by atoms with E-state index in [2.05, 4.69) is 32.6 Å². The Morgan fingerprint density at radius 3 is 2.79 bits per heavy atom. The number of piperidine rings is 3. The van der Waals surface area contributed by atoms with Crippen molar-refractivity contribution in [1.82, 2.24) is 15.1 Å². The van der Waals surface area contributed by atoms with Gasteiger partial charge in [0.15, 0.2) is 0 Å². The Bertz CT molecular complexity index is 467. The minimum atomic E-state index is 0.109. The monoisotopic (exact) mass is 277 g/mol. The molecule has 1 aromatic heterocycles. The highest BCUT2D eigenvalue weighted by Gasteiger charge is 2.44. The van der Waals surface area contributed by atoms with Crippen LogP contribution in [-0.2, 0) is 4.79 Å². The zero-order valence-electron chi connectivity index (χ0n) is 10.9. The highest BCUT2D eigenvalue weighted by Crippen LogP contribution is 2.37. The first-order valence-corrected chi connectivity index (χ1v) is 8.01. The predicted molar refractivity (Wildman–Crippen MR) is 74.9 cm³/mol. The molecule has 4 saturated heterocycles. The summed E-state index contributed by atoms with van der Waals surface area (Å²) >= 11 is 1.74.